The second-order valence-corrected chi connectivity index (χ2v) is 6.72. The molecule has 0 heterocycles. The van der Waals surface area contributed by atoms with E-state index in [2.05, 4.69) is 22.5 Å². The third-order valence-corrected chi connectivity index (χ3v) is 4.37. The first-order valence-corrected chi connectivity index (χ1v) is 9.46. The topological polar surface area (TPSA) is 56.7 Å². The Morgan fingerprint density at radius 3 is 2.43 bits per heavy atom. The van der Waals surface area contributed by atoms with Crippen LogP contribution in [0, 0.1) is 0 Å². The molecule has 2 aromatic rings. The van der Waals surface area contributed by atoms with Gasteiger partial charge in [0.25, 0.3) is 0 Å². The highest BCUT2D eigenvalue weighted by Gasteiger charge is 2.08. The number of amides is 1. The number of rotatable bonds is 7. The van der Waals surface area contributed by atoms with Crippen LogP contribution in [0.1, 0.15) is 25.0 Å². The minimum atomic E-state index is -0.0656. The van der Waals surface area contributed by atoms with Gasteiger partial charge in [0.05, 0.1) is 0 Å². The lowest BCUT2D eigenvalue weighted by Gasteiger charge is -2.22. The fourth-order valence-corrected chi connectivity index (χ4v) is 2.87. The van der Waals surface area contributed by atoms with Crippen LogP contribution in [-0.4, -0.2) is 36.9 Å². The Kier molecular flexibility index (Phi) is 10.9. The molecule has 0 spiro atoms. The molecular formula is C21H28ClIN4O. The average Bonchev–Trinajstić information content (AvgIpc) is 2.64. The van der Waals surface area contributed by atoms with Gasteiger partial charge in [-0.15, -0.1) is 24.0 Å². The van der Waals surface area contributed by atoms with Crippen molar-refractivity contribution >= 4 is 53.1 Å². The number of nitrogens with one attached hydrogen (secondary N) is 2. The molecule has 0 unspecified atom stereocenters. The normalized spacial score (nSPS) is 10.8. The van der Waals surface area contributed by atoms with Crippen LogP contribution in [0.3, 0.4) is 0 Å². The third-order valence-electron chi connectivity index (χ3n) is 4.00. The van der Waals surface area contributed by atoms with Crippen molar-refractivity contribution in [3.8, 4) is 0 Å². The van der Waals surface area contributed by atoms with E-state index in [1.807, 2.05) is 55.6 Å². The fraction of sp³-hybridized carbons (Fsp3) is 0.333. The van der Waals surface area contributed by atoms with Crippen molar-refractivity contribution in [2.45, 2.75) is 26.8 Å². The standard InChI is InChI=1S/C21H27ClN4O.HI/c1-4-23-21(26(3)15-18-7-5-6-8-20(18)22)24-14-13-17-9-11-19(12-10-17)25-16(2)27;/h5-12H,4,13-15H2,1-3H3,(H,23,24)(H,25,27);1H. The molecule has 2 aromatic carbocycles. The van der Waals surface area contributed by atoms with Crippen molar-refractivity contribution in [2.24, 2.45) is 4.99 Å². The minimum absolute atomic E-state index is 0. The Hall–Kier alpha value is -1.80. The Balaban J connectivity index is 0.00000392. The summed E-state index contributed by atoms with van der Waals surface area (Å²) in [6.45, 7) is 5.73. The maximum atomic E-state index is 11.1. The number of halogens is 2. The largest absolute Gasteiger partial charge is 0.357 e. The summed E-state index contributed by atoms with van der Waals surface area (Å²) in [5.41, 5.74) is 3.06. The summed E-state index contributed by atoms with van der Waals surface area (Å²) in [7, 11) is 2.01. The number of carbonyl (C=O) groups excluding carboxylic acids is 1. The highest BCUT2D eigenvalue weighted by molar-refractivity contribution is 14.0. The van der Waals surface area contributed by atoms with Crippen molar-refractivity contribution in [1.82, 2.24) is 10.2 Å². The molecule has 28 heavy (non-hydrogen) atoms. The van der Waals surface area contributed by atoms with Crippen molar-refractivity contribution in [2.75, 3.05) is 25.5 Å². The van der Waals surface area contributed by atoms with Crippen LogP contribution >= 0.6 is 35.6 Å². The first-order chi connectivity index (χ1) is 13.0. The number of nitrogens with zero attached hydrogens (tertiary/aromatic N) is 2. The maximum absolute atomic E-state index is 11.1. The SMILES string of the molecule is CCNC(=NCCc1ccc(NC(C)=O)cc1)N(C)Cc1ccccc1Cl.I. The van der Waals surface area contributed by atoms with E-state index < -0.39 is 0 Å². The molecular weight excluding hydrogens is 487 g/mol. The molecule has 0 fully saturated rings. The zero-order valence-corrected chi connectivity index (χ0v) is 19.6. The summed E-state index contributed by atoms with van der Waals surface area (Å²) in [4.78, 5) is 17.9. The van der Waals surface area contributed by atoms with Crippen molar-refractivity contribution in [3.63, 3.8) is 0 Å². The minimum Gasteiger partial charge on any atom is -0.357 e. The molecule has 0 saturated carbocycles. The van der Waals surface area contributed by atoms with E-state index in [9.17, 15) is 4.79 Å². The maximum Gasteiger partial charge on any atom is 0.221 e. The fourth-order valence-electron chi connectivity index (χ4n) is 2.68. The van der Waals surface area contributed by atoms with Gasteiger partial charge in [-0.05, 0) is 42.7 Å². The number of hydrogen-bond acceptors (Lipinski definition) is 2. The van der Waals surface area contributed by atoms with Gasteiger partial charge < -0.3 is 15.5 Å². The van der Waals surface area contributed by atoms with E-state index in [0.717, 1.165) is 35.2 Å². The van der Waals surface area contributed by atoms with E-state index in [-0.39, 0.29) is 29.9 Å². The zero-order chi connectivity index (χ0) is 19.6. The van der Waals surface area contributed by atoms with E-state index >= 15 is 0 Å². The van der Waals surface area contributed by atoms with E-state index in [4.69, 9.17) is 16.6 Å². The first kappa shape index (κ1) is 24.2. The first-order valence-electron chi connectivity index (χ1n) is 9.09. The van der Waals surface area contributed by atoms with Crippen LogP contribution in [0.5, 0.6) is 0 Å². The van der Waals surface area contributed by atoms with Gasteiger partial charge in [-0.2, -0.15) is 0 Å². The summed E-state index contributed by atoms with van der Waals surface area (Å²) in [5, 5.41) is 6.86. The molecule has 0 bridgehead atoms. The predicted octanol–water partition coefficient (Wildman–Crippen LogP) is 4.56. The third kappa shape index (κ3) is 8.06. The summed E-state index contributed by atoms with van der Waals surface area (Å²) < 4.78 is 0. The van der Waals surface area contributed by atoms with Crippen LogP contribution in [0.4, 0.5) is 5.69 Å². The van der Waals surface area contributed by atoms with Gasteiger partial charge in [-0.3, -0.25) is 9.79 Å². The van der Waals surface area contributed by atoms with Gasteiger partial charge in [0.1, 0.15) is 0 Å². The number of anilines is 1. The van der Waals surface area contributed by atoms with Gasteiger partial charge in [0.2, 0.25) is 5.91 Å². The van der Waals surface area contributed by atoms with Gasteiger partial charge in [-0.1, -0.05) is 41.9 Å². The van der Waals surface area contributed by atoms with Crippen LogP contribution in [-0.2, 0) is 17.8 Å². The Labute approximate surface area is 189 Å². The monoisotopic (exact) mass is 514 g/mol. The summed E-state index contributed by atoms with van der Waals surface area (Å²) in [5.74, 6) is 0.788. The molecule has 0 saturated heterocycles. The summed E-state index contributed by atoms with van der Waals surface area (Å²) in [6, 6.07) is 15.7. The molecule has 0 atom stereocenters. The molecule has 0 aliphatic carbocycles. The number of guanidine groups is 1. The van der Waals surface area contributed by atoms with Crippen LogP contribution in [0.15, 0.2) is 53.5 Å². The lowest BCUT2D eigenvalue weighted by molar-refractivity contribution is -0.114. The molecule has 2 N–H and O–H groups in total. The molecule has 0 aliphatic rings. The second-order valence-electron chi connectivity index (χ2n) is 6.31. The molecule has 0 aliphatic heterocycles. The highest BCUT2D eigenvalue weighted by atomic mass is 127. The number of benzene rings is 2. The van der Waals surface area contributed by atoms with Crippen molar-refractivity contribution in [1.29, 1.82) is 0 Å². The quantitative estimate of drug-likeness (QED) is 0.324. The van der Waals surface area contributed by atoms with Crippen LogP contribution in [0.25, 0.3) is 0 Å². The van der Waals surface area contributed by atoms with Gasteiger partial charge in [0, 0.05) is 44.3 Å². The Morgan fingerprint density at radius 2 is 1.82 bits per heavy atom. The molecule has 5 nitrogen and oxygen atoms in total. The van der Waals surface area contributed by atoms with Gasteiger partial charge in [-0.25, -0.2) is 0 Å². The predicted molar refractivity (Wildman–Crippen MR) is 129 cm³/mol. The van der Waals surface area contributed by atoms with Crippen LogP contribution in [0.2, 0.25) is 5.02 Å². The lowest BCUT2D eigenvalue weighted by atomic mass is 10.1. The van der Waals surface area contributed by atoms with E-state index in [1.54, 1.807) is 0 Å². The van der Waals surface area contributed by atoms with Gasteiger partial charge in [0.15, 0.2) is 5.96 Å². The van der Waals surface area contributed by atoms with E-state index in [1.165, 1.54) is 12.5 Å². The molecule has 2 rings (SSSR count). The zero-order valence-electron chi connectivity index (χ0n) is 16.5. The Morgan fingerprint density at radius 1 is 1.14 bits per heavy atom. The Bertz CT molecular complexity index is 780. The number of carbonyl (C=O) groups is 1. The molecule has 1 amide bonds. The summed E-state index contributed by atoms with van der Waals surface area (Å²) in [6.07, 6.45) is 0.829. The summed E-state index contributed by atoms with van der Waals surface area (Å²) >= 11 is 6.27. The smallest absolute Gasteiger partial charge is 0.221 e. The second kappa shape index (κ2) is 12.6. The van der Waals surface area contributed by atoms with E-state index in [0.29, 0.717) is 13.1 Å². The number of aliphatic imine (C=N–C) groups is 1. The molecule has 0 aromatic heterocycles. The average molecular weight is 515 g/mol. The number of hydrogen-bond donors (Lipinski definition) is 2. The van der Waals surface area contributed by atoms with Gasteiger partial charge >= 0.3 is 0 Å². The van der Waals surface area contributed by atoms with Crippen LogP contribution < -0.4 is 10.6 Å². The molecule has 0 radical (unpaired) electrons. The van der Waals surface area contributed by atoms with Crippen molar-refractivity contribution in [3.05, 3.63) is 64.7 Å². The molecule has 152 valence electrons. The molecule has 7 heteroatoms. The highest BCUT2D eigenvalue weighted by Crippen LogP contribution is 2.16. The van der Waals surface area contributed by atoms with Crippen molar-refractivity contribution < 1.29 is 4.79 Å². The lowest BCUT2D eigenvalue weighted by Crippen LogP contribution is -2.38.